The van der Waals surface area contributed by atoms with Gasteiger partial charge in [-0.05, 0) is 35.1 Å². The van der Waals surface area contributed by atoms with Gasteiger partial charge in [0.2, 0.25) is 0 Å². The zero-order valence-corrected chi connectivity index (χ0v) is 15.8. The molecule has 0 unspecified atom stereocenters. The summed E-state index contributed by atoms with van der Waals surface area (Å²) in [5, 5.41) is 9.88. The Bertz CT molecular complexity index is 864. The van der Waals surface area contributed by atoms with Gasteiger partial charge in [-0.1, -0.05) is 74.7 Å². The number of hydrogen-bond donors (Lipinski definition) is 1. The lowest BCUT2D eigenvalue weighted by atomic mass is 9.99. The smallest absolute Gasteiger partial charge is 0.154 e. The first-order chi connectivity index (χ1) is 12.4. The van der Waals surface area contributed by atoms with E-state index in [0.29, 0.717) is 17.0 Å². The van der Waals surface area contributed by atoms with E-state index in [9.17, 15) is 13.5 Å². The first-order valence-corrected chi connectivity index (χ1v) is 11.0. The summed E-state index contributed by atoms with van der Waals surface area (Å²) in [6.45, 7) is 3.59. The number of hydrogen-bond acceptors (Lipinski definition) is 3. The number of benzene rings is 2. The van der Waals surface area contributed by atoms with Crippen molar-refractivity contribution in [3.63, 3.8) is 0 Å². The van der Waals surface area contributed by atoms with E-state index >= 15 is 0 Å². The Morgan fingerprint density at radius 1 is 1.04 bits per heavy atom. The molecule has 0 spiro atoms. The van der Waals surface area contributed by atoms with Gasteiger partial charge in [-0.25, -0.2) is 8.42 Å². The molecule has 0 amide bonds. The van der Waals surface area contributed by atoms with Gasteiger partial charge in [0.1, 0.15) is 5.76 Å². The van der Waals surface area contributed by atoms with Crippen molar-refractivity contribution in [2.45, 2.75) is 37.9 Å². The van der Waals surface area contributed by atoms with Crippen LogP contribution in [0.4, 0.5) is 0 Å². The molecule has 0 aromatic heterocycles. The second-order valence-corrected chi connectivity index (χ2v) is 9.40. The van der Waals surface area contributed by atoms with Crippen molar-refractivity contribution in [1.82, 2.24) is 0 Å². The number of sulfone groups is 1. The third-order valence-corrected chi connectivity index (χ3v) is 6.82. The Kier molecular flexibility index (Phi) is 5.82. The lowest BCUT2D eigenvalue weighted by molar-refractivity contribution is 0.513. The first kappa shape index (κ1) is 18.7. The Balaban J connectivity index is 1.83. The van der Waals surface area contributed by atoms with E-state index in [1.165, 1.54) is 12.8 Å². The molecule has 3 nitrogen and oxygen atoms in total. The van der Waals surface area contributed by atoms with E-state index in [-0.39, 0.29) is 17.3 Å². The molecule has 1 fully saturated rings. The van der Waals surface area contributed by atoms with Gasteiger partial charge < -0.3 is 5.11 Å². The van der Waals surface area contributed by atoms with Crippen molar-refractivity contribution in [2.24, 2.45) is 5.92 Å². The molecule has 0 heterocycles. The van der Waals surface area contributed by atoms with Crippen molar-refractivity contribution >= 4 is 15.6 Å². The normalized spacial score (nSPS) is 15.2. The second-order valence-electron chi connectivity index (χ2n) is 7.22. The molecular formula is C22H26O3S. The maximum absolute atomic E-state index is 12.7. The maximum Gasteiger partial charge on any atom is 0.154 e. The van der Waals surface area contributed by atoms with E-state index in [1.807, 2.05) is 42.5 Å². The Morgan fingerprint density at radius 2 is 1.73 bits per heavy atom. The molecule has 3 rings (SSSR count). The summed E-state index contributed by atoms with van der Waals surface area (Å²) in [4.78, 5) is 0. The molecule has 1 saturated carbocycles. The van der Waals surface area contributed by atoms with Crippen LogP contribution in [0.1, 0.15) is 43.2 Å². The van der Waals surface area contributed by atoms with Crippen molar-refractivity contribution in [3.8, 4) is 11.1 Å². The predicted octanol–water partition coefficient (Wildman–Crippen LogP) is 5.38. The fourth-order valence-corrected chi connectivity index (χ4v) is 5.31. The summed E-state index contributed by atoms with van der Waals surface area (Å²) in [5.74, 6) is 0.609. The molecule has 0 radical (unpaired) electrons. The van der Waals surface area contributed by atoms with Crippen LogP contribution in [0.2, 0.25) is 0 Å². The Hall–Kier alpha value is -2.07. The molecule has 4 heteroatoms. The van der Waals surface area contributed by atoms with E-state index in [4.69, 9.17) is 0 Å². The van der Waals surface area contributed by atoms with Gasteiger partial charge in [-0.15, -0.1) is 0 Å². The lowest BCUT2D eigenvalue weighted by Crippen LogP contribution is -2.13. The Labute approximate surface area is 156 Å². The van der Waals surface area contributed by atoms with E-state index < -0.39 is 9.84 Å². The molecule has 2 aromatic carbocycles. The standard InChI is InChI=1S/C22H26O3S/c1-17(23)22-12-11-20(19-9-3-2-4-10-19)15-21(22)16-26(24,25)14-13-18-7-5-6-8-18/h2-4,9-12,15,18,23H,1,5-8,13-14,16H2. The van der Waals surface area contributed by atoms with Crippen LogP contribution in [0.15, 0.2) is 55.1 Å². The molecule has 0 bridgehead atoms. The van der Waals surface area contributed by atoms with Crippen molar-refractivity contribution in [1.29, 1.82) is 0 Å². The summed E-state index contributed by atoms with van der Waals surface area (Å²) in [6, 6.07) is 15.3. The van der Waals surface area contributed by atoms with Gasteiger partial charge in [-0.2, -0.15) is 0 Å². The highest BCUT2D eigenvalue weighted by molar-refractivity contribution is 7.90. The fourth-order valence-electron chi connectivity index (χ4n) is 3.76. The molecule has 138 valence electrons. The van der Waals surface area contributed by atoms with Crippen molar-refractivity contribution in [2.75, 3.05) is 5.75 Å². The average molecular weight is 371 g/mol. The predicted molar refractivity (Wildman–Crippen MR) is 108 cm³/mol. The highest BCUT2D eigenvalue weighted by Gasteiger charge is 2.21. The topological polar surface area (TPSA) is 54.4 Å². The molecule has 0 aliphatic heterocycles. The molecule has 1 aliphatic carbocycles. The highest BCUT2D eigenvalue weighted by atomic mass is 32.2. The van der Waals surface area contributed by atoms with E-state index in [0.717, 1.165) is 30.4 Å². The highest BCUT2D eigenvalue weighted by Crippen LogP contribution is 2.30. The lowest BCUT2D eigenvalue weighted by Gasteiger charge is -2.13. The average Bonchev–Trinajstić information content (AvgIpc) is 3.14. The monoisotopic (exact) mass is 370 g/mol. The number of aliphatic hydroxyl groups excluding tert-OH is 1. The quantitative estimate of drug-likeness (QED) is 0.666. The van der Waals surface area contributed by atoms with Crippen molar-refractivity contribution in [3.05, 3.63) is 66.2 Å². The van der Waals surface area contributed by atoms with E-state index in [2.05, 4.69) is 6.58 Å². The molecule has 1 N–H and O–H groups in total. The third-order valence-electron chi connectivity index (χ3n) is 5.21. The number of rotatable bonds is 7. The minimum atomic E-state index is -3.23. The summed E-state index contributed by atoms with van der Waals surface area (Å²) in [6.07, 6.45) is 5.49. The van der Waals surface area contributed by atoms with Crippen LogP contribution < -0.4 is 0 Å². The SMILES string of the molecule is C=C(O)c1ccc(-c2ccccc2)cc1CS(=O)(=O)CCC1CCCC1. The molecular weight excluding hydrogens is 344 g/mol. The number of aliphatic hydroxyl groups is 1. The molecule has 1 aliphatic rings. The van der Waals surface area contributed by atoms with Crippen LogP contribution in [0.3, 0.4) is 0 Å². The van der Waals surface area contributed by atoms with Crippen molar-refractivity contribution < 1.29 is 13.5 Å². The maximum atomic E-state index is 12.7. The fraction of sp³-hybridized carbons (Fsp3) is 0.364. The van der Waals surface area contributed by atoms with Crippen LogP contribution in [-0.2, 0) is 15.6 Å². The molecule has 26 heavy (non-hydrogen) atoms. The minimum Gasteiger partial charge on any atom is -0.508 e. The zero-order valence-electron chi connectivity index (χ0n) is 15.0. The summed E-state index contributed by atoms with van der Waals surface area (Å²) >= 11 is 0. The van der Waals surface area contributed by atoms with Gasteiger partial charge in [-0.3, -0.25) is 0 Å². The van der Waals surface area contributed by atoms with Gasteiger partial charge in [0.05, 0.1) is 11.5 Å². The van der Waals surface area contributed by atoms with Crippen LogP contribution in [0.5, 0.6) is 0 Å². The largest absolute Gasteiger partial charge is 0.508 e. The van der Waals surface area contributed by atoms with Crippen LogP contribution in [0.25, 0.3) is 16.9 Å². The van der Waals surface area contributed by atoms with Gasteiger partial charge in [0.25, 0.3) is 0 Å². The molecule has 2 aromatic rings. The van der Waals surface area contributed by atoms with Gasteiger partial charge in [0, 0.05) is 5.56 Å². The summed E-state index contributed by atoms with van der Waals surface area (Å²) in [7, 11) is -3.23. The molecule has 0 atom stereocenters. The Morgan fingerprint density at radius 3 is 2.38 bits per heavy atom. The van der Waals surface area contributed by atoms with Crippen LogP contribution >= 0.6 is 0 Å². The zero-order chi connectivity index (χ0) is 18.6. The van der Waals surface area contributed by atoms with Crippen LogP contribution in [-0.4, -0.2) is 19.3 Å². The third kappa shape index (κ3) is 4.76. The summed E-state index contributed by atoms with van der Waals surface area (Å²) < 4.78 is 25.3. The summed E-state index contributed by atoms with van der Waals surface area (Å²) in [5.41, 5.74) is 3.09. The molecule has 0 saturated heterocycles. The second kappa shape index (κ2) is 8.09. The van der Waals surface area contributed by atoms with Gasteiger partial charge >= 0.3 is 0 Å². The van der Waals surface area contributed by atoms with Gasteiger partial charge in [0.15, 0.2) is 9.84 Å². The first-order valence-electron chi connectivity index (χ1n) is 9.21. The van der Waals surface area contributed by atoms with E-state index in [1.54, 1.807) is 6.07 Å². The minimum absolute atomic E-state index is 0.0602. The van der Waals surface area contributed by atoms with Crippen LogP contribution in [0, 0.1) is 5.92 Å².